The Morgan fingerprint density at radius 1 is 1.30 bits per heavy atom. The molecule has 5 nitrogen and oxygen atoms in total. The average molecular weight is 299 g/mol. The molecule has 0 spiro atoms. The standard InChI is InChI=1S/C14H20ClN3O2/c1-10-11(15)6-5-7-12(10)16-13(19)8-18(4)9-14(20)17(2)3/h5-7H,8-9H2,1-4H3,(H,16,19)/p+1. The molecule has 20 heavy (non-hydrogen) atoms. The molecule has 0 radical (unpaired) electrons. The Balaban J connectivity index is 2.55. The quantitative estimate of drug-likeness (QED) is 0.815. The van der Waals surface area contributed by atoms with Gasteiger partial charge in [0.25, 0.3) is 11.8 Å². The number of carbonyl (C=O) groups is 2. The predicted octanol–water partition coefficient (Wildman–Crippen LogP) is 0.190. The first-order valence-corrected chi connectivity index (χ1v) is 6.75. The molecule has 0 aliphatic carbocycles. The normalized spacial score (nSPS) is 11.8. The largest absolute Gasteiger partial charge is 0.344 e. The van der Waals surface area contributed by atoms with Crippen LogP contribution in [-0.2, 0) is 9.59 Å². The number of anilines is 1. The van der Waals surface area contributed by atoms with Crippen molar-refractivity contribution in [3.05, 3.63) is 28.8 Å². The van der Waals surface area contributed by atoms with E-state index in [2.05, 4.69) is 5.32 Å². The lowest BCUT2D eigenvalue weighted by atomic mass is 10.2. The third kappa shape index (κ3) is 4.83. The van der Waals surface area contributed by atoms with E-state index in [-0.39, 0.29) is 24.9 Å². The van der Waals surface area contributed by atoms with Crippen LogP contribution in [0.2, 0.25) is 5.02 Å². The minimum absolute atomic E-state index is 0.00534. The van der Waals surface area contributed by atoms with Crippen LogP contribution >= 0.6 is 11.6 Å². The van der Waals surface area contributed by atoms with E-state index in [9.17, 15) is 9.59 Å². The number of halogens is 1. The molecule has 1 unspecified atom stereocenters. The van der Waals surface area contributed by atoms with Crippen LogP contribution in [0.4, 0.5) is 5.69 Å². The summed E-state index contributed by atoms with van der Waals surface area (Å²) in [4.78, 5) is 25.8. The number of likely N-dealkylation sites (N-methyl/N-ethyl adjacent to an activating group) is 2. The first-order valence-electron chi connectivity index (χ1n) is 6.37. The topological polar surface area (TPSA) is 53.9 Å². The molecule has 2 amide bonds. The number of rotatable bonds is 5. The van der Waals surface area contributed by atoms with Crippen LogP contribution in [0.1, 0.15) is 5.56 Å². The van der Waals surface area contributed by atoms with Crippen molar-refractivity contribution in [3.8, 4) is 0 Å². The average Bonchev–Trinajstić information content (AvgIpc) is 2.34. The van der Waals surface area contributed by atoms with E-state index in [4.69, 9.17) is 11.6 Å². The Morgan fingerprint density at radius 3 is 2.55 bits per heavy atom. The summed E-state index contributed by atoms with van der Waals surface area (Å²) in [5.74, 6) is -0.145. The molecule has 2 N–H and O–H groups in total. The lowest BCUT2D eigenvalue weighted by Gasteiger charge is -2.16. The second-order valence-electron chi connectivity index (χ2n) is 5.06. The van der Waals surface area contributed by atoms with Gasteiger partial charge in [0.1, 0.15) is 0 Å². The van der Waals surface area contributed by atoms with Crippen LogP contribution in [-0.4, -0.2) is 50.9 Å². The van der Waals surface area contributed by atoms with Gasteiger partial charge in [-0.3, -0.25) is 9.59 Å². The number of nitrogens with one attached hydrogen (secondary N) is 2. The van der Waals surface area contributed by atoms with Gasteiger partial charge >= 0.3 is 0 Å². The molecular weight excluding hydrogens is 278 g/mol. The van der Waals surface area contributed by atoms with Gasteiger partial charge in [0.15, 0.2) is 13.1 Å². The summed E-state index contributed by atoms with van der Waals surface area (Å²) >= 11 is 6.00. The van der Waals surface area contributed by atoms with Crippen LogP contribution in [0.5, 0.6) is 0 Å². The molecule has 0 fully saturated rings. The number of hydrogen-bond donors (Lipinski definition) is 2. The molecule has 110 valence electrons. The van der Waals surface area contributed by atoms with Gasteiger partial charge in [-0.1, -0.05) is 17.7 Å². The van der Waals surface area contributed by atoms with Gasteiger partial charge in [-0.15, -0.1) is 0 Å². The molecule has 0 heterocycles. The van der Waals surface area contributed by atoms with E-state index >= 15 is 0 Å². The van der Waals surface area contributed by atoms with Gasteiger partial charge in [0.05, 0.1) is 7.05 Å². The zero-order chi connectivity index (χ0) is 15.3. The minimum atomic E-state index is -0.139. The molecule has 1 atom stereocenters. The molecule has 0 aliphatic heterocycles. The van der Waals surface area contributed by atoms with Gasteiger partial charge in [-0.05, 0) is 24.6 Å². The van der Waals surface area contributed by atoms with Gasteiger partial charge in [0, 0.05) is 24.8 Å². The van der Waals surface area contributed by atoms with Gasteiger partial charge < -0.3 is 15.1 Å². The molecule has 1 aromatic carbocycles. The summed E-state index contributed by atoms with van der Waals surface area (Å²) in [6.07, 6.45) is 0. The maximum absolute atomic E-state index is 11.9. The van der Waals surface area contributed by atoms with E-state index in [0.717, 1.165) is 10.5 Å². The van der Waals surface area contributed by atoms with Crippen molar-refractivity contribution in [1.82, 2.24) is 4.90 Å². The van der Waals surface area contributed by atoms with Gasteiger partial charge in [0.2, 0.25) is 0 Å². The molecule has 0 bridgehead atoms. The molecule has 1 aromatic rings. The van der Waals surface area contributed by atoms with Gasteiger partial charge in [-0.2, -0.15) is 0 Å². The van der Waals surface area contributed by atoms with E-state index < -0.39 is 0 Å². The van der Waals surface area contributed by atoms with Crippen LogP contribution < -0.4 is 10.2 Å². The first kappa shape index (κ1) is 16.5. The number of carbonyl (C=O) groups excluding carboxylic acids is 2. The fraction of sp³-hybridized carbons (Fsp3) is 0.429. The van der Waals surface area contributed by atoms with E-state index in [1.807, 2.05) is 14.0 Å². The second-order valence-corrected chi connectivity index (χ2v) is 5.47. The van der Waals surface area contributed by atoms with Crippen molar-refractivity contribution in [2.45, 2.75) is 6.92 Å². The number of quaternary nitrogens is 1. The Hall–Kier alpha value is -1.59. The number of nitrogens with zero attached hydrogens (tertiary/aromatic N) is 1. The summed E-state index contributed by atoms with van der Waals surface area (Å²) < 4.78 is 0. The molecule has 0 saturated heterocycles. The summed E-state index contributed by atoms with van der Waals surface area (Å²) in [5.41, 5.74) is 1.54. The van der Waals surface area contributed by atoms with Crippen LogP contribution in [0.3, 0.4) is 0 Å². The highest BCUT2D eigenvalue weighted by Gasteiger charge is 2.16. The monoisotopic (exact) mass is 298 g/mol. The van der Waals surface area contributed by atoms with Crippen molar-refractivity contribution in [2.24, 2.45) is 0 Å². The van der Waals surface area contributed by atoms with Crippen molar-refractivity contribution in [1.29, 1.82) is 0 Å². The zero-order valence-electron chi connectivity index (χ0n) is 12.3. The fourth-order valence-electron chi connectivity index (χ4n) is 1.69. The summed E-state index contributed by atoms with van der Waals surface area (Å²) in [6.45, 7) is 2.37. The first-order chi connectivity index (χ1) is 9.31. The predicted molar refractivity (Wildman–Crippen MR) is 80.1 cm³/mol. The lowest BCUT2D eigenvalue weighted by Crippen LogP contribution is -3.11. The Morgan fingerprint density at radius 2 is 1.95 bits per heavy atom. The third-order valence-corrected chi connectivity index (χ3v) is 3.37. The molecular formula is C14H21ClN3O2+. The van der Waals surface area contributed by atoms with Crippen LogP contribution in [0.25, 0.3) is 0 Å². The van der Waals surface area contributed by atoms with E-state index in [1.54, 1.807) is 32.3 Å². The van der Waals surface area contributed by atoms with Crippen molar-refractivity contribution >= 4 is 29.1 Å². The lowest BCUT2D eigenvalue weighted by molar-refractivity contribution is -0.862. The van der Waals surface area contributed by atoms with Crippen molar-refractivity contribution in [3.63, 3.8) is 0 Å². The maximum atomic E-state index is 11.9. The maximum Gasteiger partial charge on any atom is 0.279 e. The highest BCUT2D eigenvalue weighted by atomic mass is 35.5. The number of benzene rings is 1. The van der Waals surface area contributed by atoms with E-state index in [1.165, 1.54) is 4.90 Å². The summed E-state index contributed by atoms with van der Waals surface area (Å²) in [7, 11) is 5.21. The molecule has 1 rings (SSSR count). The van der Waals surface area contributed by atoms with E-state index in [0.29, 0.717) is 10.7 Å². The molecule has 0 aromatic heterocycles. The number of hydrogen-bond acceptors (Lipinski definition) is 2. The Kier molecular flexibility index (Phi) is 5.98. The molecule has 0 saturated carbocycles. The highest BCUT2D eigenvalue weighted by Crippen LogP contribution is 2.22. The minimum Gasteiger partial charge on any atom is -0.344 e. The van der Waals surface area contributed by atoms with Crippen LogP contribution in [0, 0.1) is 6.92 Å². The molecule has 6 heteroatoms. The summed E-state index contributed by atoms with van der Waals surface area (Å²) in [5, 5.41) is 3.43. The van der Waals surface area contributed by atoms with Crippen molar-refractivity contribution in [2.75, 3.05) is 39.5 Å². The highest BCUT2D eigenvalue weighted by molar-refractivity contribution is 6.31. The van der Waals surface area contributed by atoms with Crippen LogP contribution in [0.15, 0.2) is 18.2 Å². The fourth-order valence-corrected chi connectivity index (χ4v) is 1.86. The van der Waals surface area contributed by atoms with Crippen molar-refractivity contribution < 1.29 is 14.5 Å². The third-order valence-electron chi connectivity index (χ3n) is 2.96. The zero-order valence-corrected chi connectivity index (χ0v) is 13.0. The SMILES string of the molecule is Cc1c(Cl)cccc1NC(=O)C[NH+](C)CC(=O)N(C)C. The summed E-state index contributed by atoms with van der Waals surface area (Å²) in [6, 6.07) is 5.37. The van der Waals surface area contributed by atoms with Gasteiger partial charge in [-0.25, -0.2) is 0 Å². The number of amides is 2. The Bertz CT molecular complexity index is 503. The Labute approximate surface area is 124 Å². The second kappa shape index (κ2) is 7.26. The smallest absolute Gasteiger partial charge is 0.279 e. The molecule has 0 aliphatic rings.